The van der Waals surface area contributed by atoms with Crippen LogP contribution in [0.1, 0.15) is 103 Å². The van der Waals surface area contributed by atoms with Crippen LogP contribution in [0.4, 0.5) is 0 Å². The lowest BCUT2D eigenvalue weighted by Crippen LogP contribution is -2.55. The van der Waals surface area contributed by atoms with E-state index in [0.29, 0.717) is 36.4 Å². The summed E-state index contributed by atoms with van der Waals surface area (Å²) in [6.45, 7) is 3.36. The molecule has 1 rings (SSSR count). The summed E-state index contributed by atoms with van der Waals surface area (Å²) < 4.78 is 5.45. The summed E-state index contributed by atoms with van der Waals surface area (Å²) in [6.07, 6.45) is 12.6. The molecular weight excluding hydrogens is 578 g/mol. The van der Waals surface area contributed by atoms with Crippen LogP contribution in [0.25, 0.3) is 0 Å². The van der Waals surface area contributed by atoms with Gasteiger partial charge in [0.2, 0.25) is 5.91 Å². The Morgan fingerprint density at radius 1 is 0.956 bits per heavy atom. The third-order valence-corrected chi connectivity index (χ3v) is 7.59. The van der Waals surface area contributed by atoms with Crippen LogP contribution in [0.3, 0.4) is 0 Å². The molecule has 0 spiro atoms. The second-order valence-electron chi connectivity index (χ2n) is 11.2. The summed E-state index contributed by atoms with van der Waals surface area (Å²) in [6, 6.07) is 5.20. The summed E-state index contributed by atoms with van der Waals surface area (Å²) in [5, 5.41) is 42.3. The first-order valence-electron chi connectivity index (χ1n) is 16.0. The van der Waals surface area contributed by atoms with E-state index in [-0.39, 0.29) is 13.0 Å². The summed E-state index contributed by atoms with van der Waals surface area (Å²) >= 11 is 0. The number of ketones is 1. The monoisotopic (exact) mass is 629 g/mol. The van der Waals surface area contributed by atoms with Crippen LogP contribution in [-0.4, -0.2) is 68.9 Å². The number of carboxylic acid groups (broad SMARTS) is 2. The van der Waals surface area contributed by atoms with Crippen molar-refractivity contribution in [1.82, 2.24) is 5.32 Å². The minimum Gasteiger partial charge on any atom is -0.481 e. The molecule has 45 heavy (non-hydrogen) atoms. The second kappa shape index (κ2) is 22.8. The van der Waals surface area contributed by atoms with Gasteiger partial charge < -0.3 is 30.5 Å². The van der Waals surface area contributed by atoms with E-state index in [9.17, 15) is 39.6 Å². The summed E-state index contributed by atoms with van der Waals surface area (Å²) in [5.41, 5.74) is -2.06. The highest BCUT2D eigenvalue weighted by Crippen LogP contribution is 2.25. The molecule has 0 aliphatic heterocycles. The molecule has 1 aromatic rings. The van der Waals surface area contributed by atoms with Gasteiger partial charge in [0.05, 0.1) is 5.92 Å². The normalized spacial score (nSPS) is 13.7. The minimum absolute atomic E-state index is 0.0978. The molecule has 0 bridgehead atoms. The van der Waals surface area contributed by atoms with Gasteiger partial charge in [0.15, 0.2) is 5.60 Å². The number of benzene rings is 1. The fourth-order valence-corrected chi connectivity index (χ4v) is 4.86. The molecule has 3 atom stereocenters. The van der Waals surface area contributed by atoms with Gasteiger partial charge in [0, 0.05) is 32.3 Å². The first-order valence-corrected chi connectivity index (χ1v) is 16.0. The maximum Gasteiger partial charge on any atom is 0.336 e. The van der Waals surface area contributed by atoms with Crippen LogP contribution >= 0.6 is 0 Å². The Balaban J connectivity index is 2.76. The molecular formula is C35H51NO9. The van der Waals surface area contributed by atoms with Crippen molar-refractivity contribution in [3.8, 4) is 17.6 Å². The summed E-state index contributed by atoms with van der Waals surface area (Å²) in [5.74, 6) is 0.657. The molecule has 1 aromatic carbocycles. The van der Waals surface area contributed by atoms with Crippen molar-refractivity contribution in [2.45, 2.75) is 115 Å². The molecule has 5 N–H and O–H groups in total. The van der Waals surface area contributed by atoms with Crippen molar-refractivity contribution in [1.29, 1.82) is 0 Å². The van der Waals surface area contributed by atoms with Gasteiger partial charge in [-0.3, -0.25) is 9.59 Å². The highest BCUT2D eigenvalue weighted by atomic mass is 16.5. The number of unbranched alkanes of at least 4 members (excludes halogenated alkanes) is 8. The molecule has 250 valence electrons. The lowest BCUT2D eigenvalue weighted by molar-refractivity contribution is -0.168. The topological polar surface area (TPSA) is 170 Å². The quantitative estimate of drug-likeness (QED) is 0.0577. The Bertz CT molecular complexity index is 1140. The van der Waals surface area contributed by atoms with Crippen LogP contribution in [0.15, 0.2) is 36.4 Å². The van der Waals surface area contributed by atoms with Gasteiger partial charge in [-0.25, -0.2) is 9.59 Å². The lowest BCUT2D eigenvalue weighted by Gasteiger charge is -2.30. The third kappa shape index (κ3) is 15.7. The molecule has 1 amide bonds. The highest BCUT2D eigenvalue weighted by molar-refractivity contribution is 5.92. The Morgan fingerprint density at radius 2 is 1.58 bits per heavy atom. The number of ether oxygens (including phenoxy) is 1. The number of rotatable bonds is 25. The molecule has 0 saturated heterocycles. The van der Waals surface area contributed by atoms with Gasteiger partial charge in [-0.2, -0.15) is 0 Å². The van der Waals surface area contributed by atoms with Crippen molar-refractivity contribution in [3.63, 3.8) is 0 Å². The fourth-order valence-electron chi connectivity index (χ4n) is 4.86. The van der Waals surface area contributed by atoms with Gasteiger partial charge >= 0.3 is 11.9 Å². The van der Waals surface area contributed by atoms with Crippen molar-refractivity contribution in [3.05, 3.63) is 42.0 Å². The van der Waals surface area contributed by atoms with Crippen molar-refractivity contribution < 1.29 is 44.3 Å². The van der Waals surface area contributed by atoms with Crippen LogP contribution in [0.5, 0.6) is 5.75 Å². The Labute approximate surface area is 267 Å². The number of carboxylic acids is 2. The Morgan fingerprint density at radius 3 is 2.13 bits per heavy atom. The third-order valence-electron chi connectivity index (χ3n) is 7.59. The van der Waals surface area contributed by atoms with Crippen LogP contribution in [0, 0.1) is 17.8 Å². The van der Waals surface area contributed by atoms with E-state index >= 15 is 0 Å². The number of hydrogen-bond acceptors (Lipinski definition) is 7. The Hall–Kier alpha value is -3.68. The second-order valence-corrected chi connectivity index (χ2v) is 11.2. The van der Waals surface area contributed by atoms with Crippen LogP contribution in [0.2, 0.25) is 0 Å². The van der Waals surface area contributed by atoms with Crippen molar-refractivity contribution in [2.75, 3.05) is 13.2 Å². The van der Waals surface area contributed by atoms with E-state index in [1.165, 1.54) is 25.3 Å². The first kappa shape index (κ1) is 39.3. The maximum absolute atomic E-state index is 13.3. The number of amides is 1. The van der Waals surface area contributed by atoms with E-state index in [2.05, 4.69) is 24.1 Å². The van der Waals surface area contributed by atoms with Gasteiger partial charge in [0.25, 0.3) is 0 Å². The number of carbonyl (C=O) groups is 4. The number of carbonyl (C=O) groups excluding carboxylic acids is 2. The standard InChI is InChI=1S/C35H51NO9/c1-3-5-7-10-13-16-28(38)17-14-11-8-9-12-15-18-30(35(44,23-24-37)34(42)43)32(39)36-31(33(40)41)26-27-19-21-29(22-20-27)45-25-6-4-2/h15,18-22,30-31,37,44H,3,5,7-14,16-17,23-26H2,1-2H3,(H,36,39)(H,40,41)(H,42,43)/t30-,31+,35+/m1/s1. The van der Waals surface area contributed by atoms with Crippen LogP contribution < -0.4 is 10.1 Å². The summed E-state index contributed by atoms with van der Waals surface area (Å²) in [7, 11) is 0. The smallest absolute Gasteiger partial charge is 0.336 e. The number of nitrogens with one attached hydrogen (secondary N) is 1. The van der Waals surface area contributed by atoms with E-state index in [0.717, 1.165) is 38.5 Å². The molecule has 0 unspecified atom stereocenters. The Kier molecular flexibility index (Phi) is 19.9. The molecule has 0 heterocycles. The van der Waals surface area contributed by atoms with Gasteiger partial charge in [-0.05, 0) is 50.3 Å². The molecule has 0 radical (unpaired) electrons. The zero-order chi connectivity index (χ0) is 33.5. The molecule has 10 heteroatoms. The van der Waals surface area contributed by atoms with E-state index in [4.69, 9.17) is 4.74 Å². The van der Waals surface area contributed by atoms with Gasteiger partial charge in [-0.15, -0.1) is 5.92 Å². The SMILES string of the molecule is CC#CCOc1ccc(C[C@H](NC(=O)[C@@H](C=CCCCCCCC(=O)CCCCCCC)[C@@](O)(CCO)C(=O)O)C(=O)O)cc1. The first-order chi connectivity index (χ1) is 21.6. The predicted octanol–water partition coefficient (Wildman–Crippen LogP) is 4.84. The predicted molar refractivity (Wildman–Crippen MR) is 172 cm³/mol. The average Bonchev–Trinajstić information content (AvgIpc) is 3.00. The zero-order valence-electron chi connectivity index (χ0n) is 26.8. The number of allylic oxidation sites excluding steroid dienone is 1. The number of aliphatic carboxylic acids is 2. The van der Waals surface area contributed by atoms with Gasteiger partial charge in [0.1, 0.15) is 24.2 Å². The molecule has 0 aromatic heterocycles. The van der Waals surface area contributed by atoms with Crippen molar-refractivity contribution in [2.24, 2.45) is 5.92 Å². The maximum atomic E-state index is 13.3. The summed E-state index contributed by atoms with van der Waals surface area (Å²) in [4.78, 5) is 49.4. The lowest BCUT2D eigenvalue weighted by atomic mass is 9.83. The fraction of sp³-hybridized carbons (Fsp3) is 0.600. The van der Waals surface area contributed by atoms with Crippen molar-refractivity contribution >= 4 is 23.6 Å². The van der Waals surface area contributed by atoms with E-state index < -0.39 is 48.4 Å². The molecule has 0 saturated carbocycles. The molecule has 10 nitrogen and oxygen atoms in total. The van der Waals surface area contributed by atoms with E-state index in [1.807, 2.05) is 0 Å². The number of hydrogen-bond donors (Lipinski definition) is 5. The highest BCUT2D eigenvalue weighted by Gasteiger charge is 2.47. The molecule has 0 aliphatic rings. The van der Waals surface area contributed by atoms with E-state index in [1.54, 1.807) is 37.3 Å². The molecule has 0 fully saturated rings. The zero-order valence-corrected chi connectivity index (χ0v) is 26.8. The number of aliphatic hydroxyl groups excluding tert-OH is 1. The van der Waals surface area contributed by atoms with Crippen LogP contribution in [-0.2, 0) is 25.6 Å². The molecule has 0 aliphatic carbocycles. The number of Topliss-reactive ketones (excluding diaryl/α,β-unsaturated/α-hetero) is 1. The number of aliphatic hydroxyl groups is 2. The van der Waals surface area contributed by atoms with Gasteiger partial charge in [-0.1, -0.05) is 75.7 Å². The largest absolute Gasteiger partial charge is 0.481 e. The minimum atomic E-state index is -2.64. The average molecular weight is 630 g/mol.